The molecule has 0 bridgehead atoms. The van der Waals surface area contributed by atoms with E-state index in [1.54, 1.807) is 25.3 Å². The Bertz CT molecular complexity index is 363. The van der Waals surface area contributed by atoms with Crippen molar-refractivity contribution >= 4 is 5.97 Å². The van der Waals surface area contributed by atoms with Crippen molar-refractivity contribution in [2.24, 2.45) is 0 Å². The van der Waals surface area contributed by atoms with E-state index in [0.29, 0.717) is 11.3 Å². The highest BCUT2D eigenvalue weighted by molar-refractivity contribution is 5.72. The minimum atomic E-state index is -1.85. The lowest BCUT2D eigenvalue weighted by Crippen LogP contribution is -2.17. The molecule has 0 aliphatic heterocycles. The molecule has 0 spiro atoms. The number of ether oxygens (including phenoxy) is 1. The number of halogens is 1. The molecule has 1 atom stereocenters. The van der Waals surface area contributed by atoms with Gasteiger partial charge in [0.1, 0.15) is 5.75 Å². The molecule has 15 heavy (non-hydrogen) atoms. The van der Waals surface area contributed by atoms with Gasteiger partial charge in [-0.2, -0.15) is 0 Å². The number of benzene rings is 1. The summed E-state index contributed by atoms with van der Waals surface area (Å²) in [7, 11) is 1.55. The number of hydrogen-bond acceptors (Lipinski definition) is 2. The molecular formula is C11H13FO3. The molecule has 1 unspecified atom stereocenters. The molecule has 82 valence electrons. The fourth-order valence-electron chi connectivity index (χ4n) is 1.36. The molecule has 1 aromatic carbocycles. The van der Waals surface area contributed by atoms with Gasteiger partial charge in [-0.15, -0.1) is 0 Å². The Morgan fingerprint density at radius 3 is 2.73 bits per heavy atom. The molecule has 0 radical (unpaired) electrons. The molecule has 0 aromatic heterocycles. The monoisotopic (exact) mass is 212 g/mol. The molecule has 1 rings (SSSR count). The van der Waals surface area contributed by atoms with Crippen molar-refractivity contribution in [1.29, 1.82) is 0 Å². The van der Waals surface area contributed by atoms with E-state index in [9.17, 15) is 9.18 Å². The first-order valence-electron chi connectivity index (χ1n) is 4.55. The number of carboxylic acids is 1. The van der Waals surface area contributed by atoms with E-state index in [4.69, 9.17) is 9.84 Å². The van der Waals surface area contributed by atoms with Gasteiger partial charge in [0.2, 0.25) is 6.17 Å². The standard InChI is InChI=1S/C11H13FO3/c1-7-5-8(3-4-10(7)15-2)6-9(12)11(13)14/h3-5,9H,6H2,1-2H3,(H,13,14). The lowest BCUT2D eigenvalue weighted by Gasteiger charge is -2.08. The van der Waals surface area contributed by atoms with Gasteiger partial charge in [0.15, 0.2) is 0 Å². The van der Waals surface area contributed by atoms with Gasteiger partial charge in [-0.05, 0) is 24.1 Å². The summed E-state index contributed by atoms with van der Waals surface area (Å²) in [4.78, 5) is 10.3. The van der Waals surface area contributed by atoms with E-state index in [0.717, 1.165) is 5.56 Å². The third-order valence-corrected chi connectivity index (χ3v) is 2.14. The summed E-state index contributed by atoms with van der Waals surface area (Å²) in [6, 6.07) is 5.11. The first kappa shape index (κ1) is 11.5. The Labute approximate surface area is 87.5 Å². The Balaban J connectivity index is 2.79. The molecule has 0 aliphatic rings. The van der Waals surface area contributed by atoms with E-state index in [2.05, 4.69) is 0 Å². The predicted molar refractivity (Wildman–Crippen MR) is 54.0 cm³/mol. The number of aryl methyl sites for hydroxylation is 1. The normalized spacial score (nSPS) is 12.2. The number of alkyl halides is 1. The van der Waals surface area contributed by atoms with E-state index in [-0.39, 0.29) is 6.42 Å². The second kappa shape index (κ2) is 4.77. The molecule has 0 saturated carbocycles. The minimum Gasteiger partial charge on any atom is -0.496 e. The van der Waals surface area contributed by atoms with Crippen molar-refractivity contribution < 1.29 is 19.0 Å². The van der Waals surface area contributed by atoms with Crippen LogP contribution in [0.2, 0.25) is 0 Å². The molecule has 4 heteroatoms. The largest absolute Gasteiger partial charge is 0.496 e. The number of rotatable bonds is 4. The summed E-state index contributed by atoms with van der Waals surface area (Å²) in [6.45, 7) is 1.83. The van der Waals surface area contributed by atoms with E-state index >= 15 is 0 Å². The van der Waals surface area contributed by atoms with Gasteiger partial charge in [0, 0.05) is 6.42 Å². The van der Waals surface area contributed by atoms with E-state index in [1.165, 1.54) is 0 Å². The van der Waals surface area contributed by atoms with Crippen molar-refractivity contribution in [2.75, 3.05) is 7.11 Å². The van der Waals surface area contributed by atoms with Crippen LogP contribution in [0.4, 0.5) is 4.39 Å². The summed E-state index contributed by atoms with van der Waals surface area (Å²) < 4.78 is 17.9. The van der Waals surface area contributed by atoms with Crippen LogP contribution in [0.5, 0.6) is 5.75 Å². The summed E-state index contributed by atoms with van der Waals surface area (Å²) >= 11 is 0. The van der Waals surface area contributed by atoms with Gasteiger partial charge in [-0.1, -0.05) is 12.1 Å². The highest BCUT2D eigenvalue weighted by Crippen LogP contribution is 2.19. The van der Waals surface area contributed by atoms with Crippen molar-refractivity contribution in [3.8, 4) is 5.75 Å². The summed E-state index contributed by atoms with van der Waals surface area (Å²) in [6.07, 6.45) is -1.96. The number of methoxy groups -OCH3 is 1. The third kappa shape index (κ3) is 2.94. The van der Waals surface area contributed by atoms with Crippen molar-refractivity contribution in [3.05, 3.63) is 29.3 Å². The number of carboxylic acid groups (broad SMARTS) is 1. The van der Waals surface area contributed by atoms with Crippen LogP contribution in [0.15, 0.2) is 18.2 Å². The van der Waals surface area contributed by atoms with Gasteiger partial charge in [0.25, 0.3) is 0 Å². The van der Waals surface area contributed by atoms with Gasteiger partial charge in [0.05, 0.1) is 7.11 Å². The molecule has 1 N–H and O–H groups in total. The Morgan fingerprint density at radius 2 is 2.27 bits per heavy atom. The maximum atomic E-state index is 12.9. The van der Waals surface area contributed by atoms with E-state index < -0.39 is 12.1 Å². The first-order valence-corrected chi connectivity index (χ1v) is 4.55. The van der Waals surface area contributed by atoms with Gasteiger partial charge < -0.3 is 9.84 Å². The maximum absolute atomic E-state index is 12.9. The summed E-state index contributed by atoms with van der Waals surface area (Å²) in [5.74, 6) is -0.715. The van der Waals surface area contributed by atoms with Crippen molar-refractivity contribution in [1.82, 2.24) is 0 Å². The molecule has 1 aromatic rings. The zero-order valence-electron chi connectivity index (χ0n) is 8.66. The molecule has 0 saturated heterocycles. The molecule has 3 nitrogen and oxygen atoms in total. The number of hydrogen-bond donors (Lipinski definition) is 1. The number of aliphatic carboxylic acids is 1. The topological polar surface area (TPSA) is 46.5 Å². The molecular weight excluding hydrogens is 199 g/mol. The minimum absolute atomic E-state index is 0.111. The number of carbonyl (C=O) groups is 1. The fraction of sp³-hybridized carbons (Fsp3) is 0.364. The van der Waals surface area contributed by atoms with Gasteiger partial charge >= 0.3 is 5.97 Å². The Kier molecular flexibility index (Phi) is 3.66. The van der Waals surface area contributed by atoms with Crippen LogP contribution in [0, 0.1) is 6.92 Å². The Morgan fingerprint density at radius 1 is 1.60 bits per heavy atom. The fourth-order valence-corrected chi connectivity index (χ4v) is 1.36. The highest BCUT2D eigenvalue weighted by atomic mass is 19.1. The summed E-state index contributed by atoms with van der Waals surface area (Å²) in [5.41, 5.74) is 1.52. The van der Waals surface area contributed by atoms with Crippen LogP contribution in [0.1, 0.15) is 11.1 Å². The van der Waals surface area contributed by atoms with Crippen LogP contribution in [0.25, 0.3) is 0 Å². The van der Waals surface area contributed by atoms with Gasteiger partial charge in [-0.3, -0.25) is 0 Å². The second-order valence-electron chi connectivity index (χ2n) is 3.31. The van der Waals surface area contributed by atoms with E-state index in [1.807, 2.05) is 6.92 Å². The molecule has 0 amide bonds. The van der Waals surface area contributed by atoms with Crippen LogP contribution in [-0.4, -0.2) is 24.4 Å². The summed E-state index contributed by atoms with van der Waals surface area (Å²) in [5, 5.41) is 8.41. The van der Waals surface area contributed by atoms with Crippen LogP contribution in [-0.2, 0) is 11.2 Å². The van der Waals surface area contributed by atoms with Crippen molar-refractivity contribution in [3.63, 3.8) is 0 Å². The molecule has 0 fully saturated rings. The van der Waals surface area contributed by atoms with Crippen molar-refractivity contribution in [2.45, 2.75) is 19.5 Å². The average molecular weight is 212 g/mol. The SMILES string of the molecule is COc1ccc(CC(F)C(=O)O)cc1C. The zero-order chi connectivity index (χ0) is 11.4. The third-order valence-electron chi connectivity index (χ3n) is 2.14. The lowest BCUT2D eigenvalue weighted by atomic mass is 10.1. The molecule has 0 aliphatic carbocycles. The lowest BCUT2D eigenvalue weighted by molar-refractivity contribution is -0.142. The first-order chi connectivity index (χ1) is 7.04. The maximum Gasteiger partial charge on any atom is 0.338 e. The highest BCUT2D eigenvalue weighted by Gasteiger charge is 2.16. The second-order valence-corrected chi connectivity index (χ2v) is 3.31. The predicted octanol–water partition coefficient (Wildman–Crippen LogP) is 1.97. The van der Waals surface area contributed by atoms with Gasteiger partial charge in [-0.25, -0.2) is 9.18 Å². The van der Waals surface area contributed by atoms with Crippen LogP contribution in [0.3, 0.4) is 0 Å². The van der Waals surface area contributed by atoms with Crippen LogP contribution < -0.4 is 4.74 Å². The molecule has 0 heterocycles. The smallest absolute Gasteiger partial charge is 0.338 e. The zero-order valence-corrected chi connectivity index (χ0v) is 8.66. The Hall–Kier alpha value is -1.58. The van der Waals surface area contributed by atoms with Crippen LogP contribution >= 0.6 is 0 Å². The average Bonchev–Trinajstić information content (AvgIpc) is 2.18. The quantitative estimate of drug-likeness (QED) is 0.829.